The van der Waals surface area contributed by atoms with Crippen molar-refractivity contribution in [3.05, 3.63) is 28.3 Å². The van der Waals surface area contributed by atoms with Gasteiger partial charge in [-0.1, -0.05) is 0 Å². The van der Waals surface area contributed by atoms with Gasteiger partial charge in [0.2, 0.25) is 0 Å². The molecule has 0 amide bonds. The van der Waals surface area contributed by atoms with E-state index in [9.17, 15) is 23.3 Å². The van der Waals surface area contributed by atoms with Crippen LogP contribution in [0.4, 0.5) is 11.4 Å². The lowest BCUT2D eigenvalue weighted by atomic mass is 10.2. The van der Waals surface area contributed by atoms with E-state index in [1.165, 1.54) is 17.0 Å². The second-order valence-corrected chi connectivity index (χ2v) is 6.89. The molecule has 0 aromatic heterocycles. The Hall–Kier alpha value is -2.16. The number of sulfone groups is 1. The van der Waals surface area contributed by atoms with E-state index in [4.69, 9.17) is 5.11 Å². The SMILES string of the molecule is CS(=O)(=O)c1ccc(N2CCCC2C(=O)O)c([N+](=O)[O-])c1. The number of rotatable bonds is 4. The van der Waals surface area contributed by atoms with E-state index in [1.54, 1.807) is 0 Å². The summed E-state index contributed by atoms with van der Waals surface area (Å²) >= 11 is 0. The first-order valence-corrected chi connectivity index (χ1v) is 8.09. The molecular formula is C12H14N2O6S. The van der Waals surface area contributed by atoms with Crippen LogP contribution in [0, 0.1) is 10.1 Å². The summed E-state index contributed by atoms with van der Waals surface area (Å²) in [6.45, 7) is 0.385. The van der Waals surface area contributed by atoms with Crippen LogP contribution in [0.25, 0.3) is 0 Å². The van der Waals surface area contributed by atoms with Gasteiger partial charge in [0.05, 0.1) is 9.82 Å². The Labute approximate surface area is 121 Å². The monoisotopic (exact) mass is 314 g/mol. The molecule has 1 N–H and O–H groups in total. The summed E-state index contributed by atoms with van der Waals surface area (Å²) in [5.41, 5.74) is -0.261. The highest BCUT2D eigenvalue weighted by Crippen LogP contribution is 2.35. The van der Waals surface area contributed by atoms with Crippen molar-refractivity contribution in [3.8, 4) is 0 Å². The molecule has 1 aliphatic rings. The number of hydrogen-bond donors (Lipinski definition) is 1. The summed E-state index contributed by atoms with van der Waals surface area (Å²) in [5, 5.41) is 20.3. The van der Waals surface area contributed by atoms with E-state index in [0.29, 0.717) is 19.4 Å². The number of carboxylic acid groups (broad SMARTS) is 1. The van der Waals surface area contributed by atoms with E-state index in [0.717, 1.165) is 12.3 Å². The number of aliphatic carboxylic acids is 1. The van der Waals surface area contributed by atoms with Gasteiger partial charge < -0.3 is 10.0 Å². The van der Waals surface area contributed by atoms with Gasteiger partial charge in [0.15, 0.2) is 9.84 Å². The molecule has 1 heterocycles. The molecule has 1 unspecified atom stereocenters. The smallest absolute Gasteiger partial charge is 0.326 e. The Kier molecular flexibility index (Phi) is 3.86. The first-order chi connectivity index (χ1) is 9.71. The number of nitrogens with zero attached hydrogens (tertiary/aromatic N) is 2. The molecule has 21 heavy (non-hydrogen) atoms. The van der Waals surface area contributed by atoms with Gasteiger partial charge in [0.1, 0.15) is 11.7 Å². The molecule has 1 atom stereocenters. The molecule has 1 aromatic rings. The number of carboxylic acids is 1. The fourth-order valence-corrected chi connectivity index (χ4v) is 3.08. The summed E-state index contributed by atoms with van der Waals surface area (Å²) in [6.07, 6.45) is 1.98. The number of nitro groups is 1. The van der Waals surface area contributed by atoms with Gasteiger partial charge in [-0.25, -0.2) is 13.2 Å². The van der Waals surface area contributed by atoms with Gasteiger partial charge in [-0.05, 0) is 25.0 Å². The molecular weight excluding hydrogens is 300 g/mol. The highest BCUT2D eigenvalue weighted by molar-refractivity contribution is 7.90. The lowest BCUT2D eigenvalue weighted by molar-refractivity contribution is -0.384. The summed E-state index contributed by atoms with van der Waals surface area (Å²) < 4.78 is 23.0. The first-order valence-electron chi connectivity index (χ1n) is 6.20. The predicted molar refractivity (Wildman–Crippen MR) is 74.2 cm³/mol. The Morgan fingerprint density at radius 3 is 2.67 bits per heavy atom. The van der Waals surface area contributed by atoms with Crippen molar-refractivity contribution in [2.75, 3.05) is 17.7 Å². The first kappa shape index (κ1) is 15.2. The number of carbonyl (C=O) groups is 1. The molecule has 0 spiro atoms. The molecule has 0 bridgehead atoms. The van der Waals surface area contributed by atoms with E-state index >= 15 is 0 Å². The summed E-state index contributed by atoms with van der Waals surface area (Å²) in [4.78, 5) is 22.9. The van der Waals surface area contributed by atoms with E-state index in [2.05, 4.69) is 0 Å². The Morgan fingerprint density at radius 2 is 2.14 bits per heavy atom. The summed E-state index contributed by atoms with van der Waals surface area (Å²) in [5.74, 6) is -1.05. The molecule has 0 aliphatic carbocycles. The third-order valence-electron chi connectivity index (χ3n) is 3.42. The van der Waals surface area contributed by atoms with Gasteiger partial charge in [-0.2, -0.15) is 0 Å². The minimum absolute atomic E-state index is 0.136. The van der Waals surface area contributed by atoms with Crippen molar-refractivity contribution in [1.29, 1.82) is 0 Å². The third-order valence-corrected chi connectivity index (χ3v) is 4.53. The number of nitro benzene ring substituents is 1. The standard InChI is InChI=1S/C12H14N2O6S/c1-21(19,20)8-4-5-9(11(7-8)14(17)18)13-6-2-3-10(13)12(15)16/h4-5,7,10H,2-3,6H2,1H3,(H,15,16). The van der Waals surface area contributed by atoms with E-state index in [1.807, 2.05) is 0 Å². The van der Waals surface area contributed by atoms with Crippen molar-refractivity contribution >= 4 is 27.2 Å². The number of anilines is 1. The average molecular weight is 314 g/mol. The van der Waals surface area contributed by atoms with Crippen LogP contribution in [0.2, 0.25) is 0 Å². The minimum Gasteiger partial charge on any atom is -0.480 e. The zero-order valence-electron chi connectivity index (χ0n) is 11.2. The van der Waals surface area contributed by atoms with E-state index in [-0.39, 0.29) is 10.6 Å². The number of hydrogen-bond acceptors (Lipinski definition) is 6. The Balaban J connectivity index is 2.54. The van der Waals surface area contributed by atoms with Crippen molar-refractivity contribution in [2.45, 2.75) is 23.8 Å². The van der Waals surface area contributed by atoms with Crippen molar-refractivity contribution in [1.82, 2.24) is 0 Å². The average Bonchev–Trinajstić information content (AvgIpc) is 2.85. The van der Waals surface area contributed by atoms with Gasteiger partial charge in [0, 0.05) is 18.9 Å². The topological polar surface area (TPSA) is 118 Å². The molecule has 8 nitrogen and oxygen atoms in total. The summed E-state index contributed by atoms with van der Waals surface area (Å²) in [6, 6.07) is 2.71. The van der Waals surface area contributed by atoms with Crippen LogP contribution in [0.5, 0.6) is 0 Å². The van der Waals surface area contributed by atoms with Crippen molar-refractivity contribution < 1.29 is 23.2 Å². The second-order valence-electron chi connectivity index (χ2n) is 4.87. The van der Waals surface area contributed by atoms with Crippen LogP contribution in [0.1, 0.15) is 12.8 Å². The lowest BCUT2D eigenvalue weighted by Gasteiger charge is -2.23. The minimum atomic E-state index is -3.57. The molecule has 1 saturated heterocycles. The van der Waals surface area contributed by atoms with Gasteiger partial charge in [0.25, 0.3) is 5.69 Å². The van der Waals surface area contributed by atoms with Crippen molar-refractivity contribution in [2.24, 2.45) is 0 Å². The van der Waals surface area contributed by atoms with Crippen LogP contribution in [-0.2, 0) is 14.6 Å². The fraction of sp³-hybridized carbons (Fsp3) is 0.417. The Bertz CT molecular complexity index is 700. The molecule has 1 aromatic carbocycles. The molecule has 9 heteroatoms. The largest absolute Gasteiger partial charge is 0.480 e. The highest BCUT2D eigenvalue weighted by atomic mass is 32.2. The van der Waals surface area contributed by atoms with Crippen molar-refractivity contribution in [3.63, 3.8) is 0 Å². The van der Waals surface area contributed by atoms with Gasteiger partial charge in [-0.15, -0.1) is 0 Å². The quantitative estimate of drug-likeness (QED) is 0.651. The maximum atomic E-state index is 11.5. The molecule has 2 rings (SSSR count). The van der Waals surface area contributed by atoms with Crippen LogP contribution in [0.15, 0.2) is 23.1 Å². The van der Waals surface area contributed by atoms with Crippen LogP contribution in [0.3, 0.4) is 0 Å². The van der Waals surface area contributed by atoms with E-state index < -0.39 is 32.5 Å². The van der Waals surface area contributed by atoms with Gasteiger partial charge >= 0.3 is 5.97 Å². The predicted octanol–water partition coefficient (Wildman–Crippen LogP) is 1.05. The lowest BCUT2D eigenvalue weighted by Crippen LogP contribution is -2.36. The van der Waals surface area contributed by atoms with Gasteiger partial charge in [-0.3, -0.25) is 10.1 Å². The number of benzene rings is 1. The highest BCUT2D eigenvalue weighted by Gasteiger charge is 2.34. The van der Waals surface area contributed by atoms with Crippen LogP contribution < -0.4 is 4.90 Å². The normalized spacial score (nSPS) is 18.7. The molecule has 1 fully saturated rings. The molecule has 0 radical (unpaired) electrons. The molecule has 114 valence electrons. The zero-order chi connectivity index (χ0) is 15.8. The summed E-state index contributed by atoms with van der Waals surface area (Å²) in [7, 11) is -3.57. The molecule has 0 saturated carbocycles. The Morgan fingerprint density at radius 1 is 1.48 bits per heavy atom. The third kappa shape index (κ3) is 2.97. The second kappa shape index (κ2) is 5.32. The molecule has 1 aliphatic heterocycles. The zero-order valence-corrected chi connectivity index (χ0v) is 12.0. The van der Waals surface area contributed by atoms with Crippen LogP contribution >= 0.6 is 0 Å². The fourth-order valence-electron chi connectivity index (χ4n) is 2.43. The van der Waals surface area contributed by atoms with Crippen LogP contribution in [-0.4, -0.2) is 43.3 Å². The maximum Gasteiger partial charge on any atom is 0.326 e. The maximum absolute atomic E-state index is 11.5.